The first-order valence-corrected chi connectivity index (χ1v) is 8.85. The molecule has 1 fully saturated rings. The Morgan fingerprint density at radius 1 is 1.16 bits per heavy atom. The molecule has 0 spiro atoms. The van der Waals surface area contributed by atoms with Crippen LogP contribution in [0.4, 0.5) is 17.3 Å². The minimum absolute atomic E-state index is 0.232. The molecule has 0 unspecified atom stereocenters. The Bertz CT molecular complexity index is 708. The molecule has 2 heterocycles. The summed E-state index contributed by atoms with van der Waals surface area (Å²) in [5.41, 5.74) is 2.32. The molecule has 0 bridgehead atoms. The van der Waals surface area contributed by atoms with Gasteiger partial charge in [0.05, 0.1) is 0 Å². The molecular formula is C19H25N5O. The maximum Gasteiger partial charge on any atom is 0.274 e. The van der Waals surface area contributed by atoms with Crippen molar-refractivity contribution in [1.82, 2.24) is 9.97 Å². The van der Waals surface area contributed by atoms with Gasteiger partial charge in [0.2, 0.25) is 5.95 Å². The molecule has 2 N–H and O–H groups in total. The highest BCUT2D eigenvalue weighted by Crippen LogP contribution is 2.22. The summed E-state index contributed by atoms with van der Waals surface area (Å²) in [5, 5.41) is 6.03. The maximum atomic E-state index is 12.4. The molecule has 1 aromatic heterocycles. The van der Waals surface area contributed by atoms with Crippen molar-refractivity contribution in [2.45, 2.75) is 26.7 Å². The third-order valence-electron chi connectivity index (χ3n) is 4.15. The van der Waals surface area contributed by atoms with Crippen molar-refractivity contribution >= 4 is 23.2 Å². The first kappa shape index (κ1) is 17.2. The molecule has 2 aromatic rings. The van der Waals surface area contributed by atoms with Crippen molar-refractivity contribution in [2.24, 2.45) is 5.92 Å². The highest BCUT2D eigenvalue weighted by atomic mass is 16.1. The quantitative estimate of drug-likeness (QED) is 0.844. The molecule has 1 saturated heterocycles. The highest BCUT2D eigenvalue weighted by Gasteiger charge is 2.13. The van der Waals surface area contributed by atoms with Crippen LogP contribution in [-0.2, 0) is 0 Å². The highest BCUT2D eigenvalue weighted by molar-refractivity contribution is 6.03. The number of amides is 1. The van der Waals surface area contributed by atoms with Crippen LogP contribution in [0.5, 0.6) is 0 Å². The van der Waals surface area contributed by atoms with Gasteiger partial charge in [-0.25, -0.2) is 9.97 Å². The fourth-order valence-corrected chi connectivity index (χ4v) is 2.79. The monoisotopic (exact) mass is 339 g/mol. The lowest BCUT2D eigenvalue weighted by Gasteiger charge is -2.17. The SMILES string of the molecule is CC(C)CNc1nccc(C(=O)Nc2ccc(N3CCCC3)cc2)n1. The van der Waals surface area contributed by atoms with Gasteiger partial charge >= 0.3 is 0 Å². The Hall–Kier alpha value is -2.63. The fraction of sp³-hybridized carbons (Fsp3) is 0.421. The number of benzene rings is 1. The van der Waals surface area contributed by atoms with E-state index in [4.69, 9.17) is 0 Å². The molecule has 3 rings (SSSR count). The van der Waals surface area contributed by atoms with E-state index >= 15 is 0 Å². The van der Waals surface area contributed by atoms with Crippen LogP contribution in [0, 0.1) is 5.92 Å². The fourth-order valence-electron chi connectivity index (χ4n) is 2.79. The van der Waals surface area contributed by atoms with E-state index < -0.39 is 0 Å². The molecule has 0 saturated carbocycles. The molecule has 6 nitrogen and oxygen atoms in total. The Labute approximate surface area is 148 Å². The van der Waals surface area contributed by atoms with E-state index in [1.807, 2.05) is 12.1 Å². The molecule has 0 atom stereocenters. The number of nitrogens with zero attached hydrogens (tertiary/aromatic N) is 3. The summed E-state index contributed by atoms with van der Waals surface area (Å²) in [6, 6.07) is 9.59. The van der Waals surface area contributed by atoms with E-state index in [1.165, 1.54) is 18.5 Å². The summed E-state index contributed by atoms with van der Waals surface area (Å²) in [6.07, 6.45) is 4.10. The van der Waals surface area contributed by atoms with Crippen LogP contribution in [0.25, 0.3) is 0 Å². The molecule has 0 aliphatic carbocycles. The zero-order chi connectivity index (χ0) is 17.6. The topological polar surface area (TPSA) is 70.2 Å². The van der Waals surface area contributed by atoms with Gasteiger partial charge in [0.1, 0.15) is 5.69 Å². The summed E-state index contributed by atoms with van der Waals surface area (Å²) < 4.78 is 0. The zero-order valence-corrected chi connectivity index (χ0v) is 14.8. The lowest BCUT2D eigenvalue weighted by molar-refractivity contribution is 0.102. The molecule has 0 radical (unpaired) electrons. The van der Waals surface area contributed by atoms with E-state index in [1.54, 1.807) is 12.3 Å². The number of aromatic nitrogens is 2. The zero-order valence-electron chi connectivity index (χ0n) is 14.8. The molecule has 1 amide bonds. The molecule has 132 valence electrons. The number of rotatable bonds is 6. The Morgan fingerprint density at radius 2 is 1.88 bits per heavy atom. The molecular weight excluding hydrogens is 314 g/mol. The predicted molar refractivity (Wildman–Crippen MR) is 101 cm³/mol. The van der Waals surface area contributed by atoms with E-state index in [0.29, 0.717) is 17.6 Å². The van der Waals surface area contributed by atoms with Crippen LogP contribution >= 0.6 is 0 Å². The van der Waals surface area contributed by atoms with Gasteiger partial charge < -0.3 is 15.5 Å². The normalized spacial score (nSPS) is 14.0. The number of nitrogens with one attached hydrogen (secondary N) is 2. The van der Waals surface area contributed by atoms with Crippen molar-refractivity contribution in [3.8, 4) is 0 Å². The van der Waals surface area contributed by atoms with Gasteiger partial charge in [-0.3, -0.25) is 4.79 Å². The van der Waals surface area contributed by atoms with Crippen molar-refractivity contribution in [3.63, 3.8) is 0 Å². The summed E-state index contributed by atoms with van der Waals surface area (Å²) in [6.45, 7) is 7.20. The standard InChI is InChI=1S/C19H25N5O/c1-14(2)13-21-19-20-10-9-17(23-19)18(25)22-15-5-7-16(8-6-15)24-11-3-4-12-24/h5-10,14H,3-4,11-13H2,1-2H3,(H,22,25)(H,20,21,23). The Balaban J connectivity index is 1.62. The third-order valence-corrected chi connectivity index (χ3v) is 4.15. The average Bonchev–Trinajstić information content (AvgIpc) is 3.15. The predicted octanol–water partition coefficient (Wildman–Crippen LogP) is 3.40. The number of hydrogen-bond donors (Lipinski definition) is 2. The van der Waals surface area contributed by atoms with Crippen LogP contribution in [0.1, 0.15) is 37.2 Å². The second-order valence-corrected chi connectivity index (χ2v) is 6.74. The average molecular weight is 339 g/mol. The lowest BCUT2D eigenvalue weighted by atomic mass is 10.2. The van der Waals surface area contributed by atoms with Crippen molar-refractivity contribution in [1.29, 1.82) is 0 Å². The van der Waals surface area contributed by atoms with Crippen LogP contribution in [0.3, 0.4) is 0 Å². The first-order valence-electron chi connectivity index (χ1n) is 8.85. The third kappa shape index (κ3) is 4.68. The van der Waals surface area contributed by atoms with E-state index in [9.17, 15) is 4.79 Å². The van der Waals surface area contributed by atoms with Gasteiger partial charge in [-0.05, 0) is 49.1 Å². The Kier molecular flexibility index (Phi) is 5.48. The second-order valence-electron chi connectivity index (χ2n) is 6.74. The van der Waals surface area contributed by atoms with Crippen molar-refractivity contribution in [3.05, 3.63) is 42.2 Å². The van der Waals surface area contributed by atoms with Gasteiger partial charge in [-0.15, -0.1) is 0 Å². The molecule has 6 heteroatoms. The van der Waals surface area contributed by atoms with E-state index in [0.717, 1.165) is 25.3 Å². The Morgan fingerprint density at radius 3 is 2.56 bits per heavy atom. The number of carbonyl (C=O) groups excluding carboxylic acids is 1. The van der Waals surface area contributed by atoms with Crippen LogP contribution < -0.4 is 15.5 Å². The van der Waals surface area contributed by atoms with Gasteiger partial charge in [0.25, 0.3) is 5.91 Å². The summed E-state index contributed by atoms with van der Waals surface area (Å²) in [5.74, 6) is 0.727. The van der Waals surface area contributed by atoms with E-state index in [2.05, 4.69) is 51.5 Å². The lowest BCUT2D eigenvalue weighted by Crippen LogP contribution is -2.18. The molecule has 1 aromatic carbocycles. The van der Waals surface area contributed by atoms with Crippen LogP contribution in [0.15, 0.2) is 36.5 Å². The first-order chi connectivity index (χ1) is 12.1. The van der Waals surface area contributed by atoms with Crippen molar-refractivity contribution < 1.29 is 4.79 Å². The minimum atomic E-state index is -0.232. The maximum absolute atomic E-state index is 12.4. The molecule has 1 aliphatic rings. The summed E-state index contributed by atoms with van der Waals surface area (Å²) >= 11 is 0. The van der Waals surface area contributed by atoms with E-state index in [-0.39, 0.29) is 5.91 Å². The second kappa shape index (κ2) is 7.96. The largest absolute Gasteiger partial charge is 0.372 e. The van der Waals surface area contributed by atoms with Gasteiger partial charge in [0.15, 0.2) is 0 Å². The minimum Gasteiger partial charge on any atom is -0.372 e. The smallest absolute Gasteiger partial charge is 0.274 e. The van der Waals surface area contributed by atoms with Gasteiger partial charge in [-0.1, -0.05) is 13.8 Å². The van der Waals surface area contributed by atoms with Gasteiger partial charge in [-0.2, -0.15) is 0 Å². The number of carbonyl (C=O) groups is 1. The molecule has 25 heavy (non-hydrogen) atoms. The van der Waals surface area contributed by atoms with Crippen LogP contribution in [-0.4, -0.2) is 35.5 Å². The van der Waals surface area contributed by atoms with Crippen molar-refractivity contribution in [2.75, 3.05) is 35.2 Å². The summed E-state index contributed by atoms with van der Waals surface area (Å²) in [7, 11) is 0. The molecule has 1 aliphatic heterocycles. The van der Waals surface area contributed by atoms with Crippen LogP contribution in [0.2, 0.25) is 0 Å². The van der Waals surface area contributed by atoms with Gasteiger partial charge in [0, 0.05) is 37.2 Å². The number of hydrogen-bond acceptors (Lipinski definition) is 5. The summed E-state index contributed by atoms with van der Waals surface area (Å²) in [4.78, 5) is 23.2. The number of anilines is 3.